The molecule has 2 aromatic carbocycles. The van der Waals surface area contributed by atoms with E-state index in [-0.39, 0.29) is 30.1 Å². The summed E-state index contributed by atoms with van der Waals surface area (Å²) in [5.41, 5.74) is -0.554. The molecule has 0 aliphatic carbocycles. The zero-order valence-corrected chi connectivity index (χ0v) is 35.9. The normalized spacial score (nSPS) is 17.9. The molecule has 2 heterocycles. The monoisotopic (exact) mass is 902 g/mol. The van der Waals surface area contributed by atoms with Crippen molar-refractivity contribution in [1.29, 1.82) is 0 Å². The summed E-state index contributed by atoms with van der Waals surface area (Å²) in [6, 6.07) is 11.3. The predicted octanol–water partition coefficient (Wildman–Crippen LogP) is 7.67. The number of phosphoric ester groups is 2. The Morgan fingerprint density at radius 2 is 1.35 bits per heavy atom. The van der Waals surface area contributed by atoms with E-state index in [1.165, 1.54) is 86.6 Å². The molecule has 330 valence electrons. The van der Waals surface area contributed by atoms with Gasteiger partial charge in [0.1, 0.15) is 17.6 Å². The molecule has 3 aromatic rings. The molecular formula is C37H49N2O18P3. The Bertz CT molecular complexity index is 2170. The molecule has 0 radical (unpaired) electrons. The molecule has 0 saturated heterocycles. The number of hydrogen-bond acceptors (Lipinski definition) is 16. The third-order valence-electron chi connectivity index (χ3n) is 8.35. The van der Waals surface area contributed by atoms with Crippen molar-refractivity contribution in [3.05, 3.63) is 104 Å². The average Bonchev–Trinajstić information content (AvgIpc) is 3.67. The Balaban J connectivity index is 1.35. The van der Waals surface area contributed by atoms with Crippen molar-refractivity contribution in [2.45, 2.75) is 97.7 Å². The van der Waals surface area contributed by atoms with Gasteiger partial charge in [-0.2, -0.15) is 8.62 Å². The number of unbranched alkanes of at least 4 members (excludes halogenated alkanes) is 6. The summed E-state index contributed by atoms with van der Waals surface area (Å²) in [7, 11) is -16.4. The lowest BCUT2D eigenvalue weighted by atomic mass is 10.1. The van der Waals surface area contributed by atoms with E-state index >= 15 is 0 Å². The molecule has 0 amide bonds. The number of esters is 1. The summed E-state index contributed by atoms with van der Waals surface area (Å²) in [6.45, 7) is 3.56. The smallest absolute Gasteiger partial charge is 0.434 e. The first-order valence-electron chi connectivity index (χ1n) is 19.0. The van der Waals surface area contributed by atoms with Gasteiger partial charge in [-0.1, -0.05) is 82.7 Å². The van der Waals surface area contributed by atoms with Crippen LogP contribution in [0, 0.1) is 6.92 Å². The lowest BCUT2D eigenvalue weighted by molar-refractivity contribution is -0.134. The minimum atomic E-state index is -5.81. The van der Waals surface area contributed by atoms with Gasteiger partial charge >= 0.3 is 41.3 Å². The topological polar surface area (TPSA) is 264 Å². The molecule has 4 rings (SSSR count). The maximum Gasteiger partial charge on any atom is 0.513 e. The molecule has 0 saturated carbocycles. The molecule has 0 bridgehead atoms. The van der Waals surface area contributed by atoms with Gasteiger partial charge in [0.25, 0.3) is 5.56 Å². The van der Waals surface area contributed by atoms with Crippen LogP contribution in [0.4, 0.5) is 4.79 Å². The van der Waals surface area contributed by atoms with Gasteiger partial charge in [-0.3, -0.25) is 32.7 Å². The second-order valence-corrected chi connectivity index (χ2v) is 18.1. The van der Waals surface area contributed by atoms with Crippen molar-refractivity contribution in [3.8, 4) is 11.5 Å². The third kappa shape index (κ3) is 16.8. The highest BCUT2D eigenvalue weighted by atomic mass is 31.3. The summed E-state index contributed by atoms with van der Waals surface area (Å²) in [4.78, 5) is 70.6. The molecule has 0 spiro atoms. The predicted molar refractivity (Wildman–Crippen MR) is 213 cm³/mol. The summed E-state index contributed by atoms with van der Waals surface area (Å²) in [5, 5.41) is 0. The van der Waals surface area contributed by atoms with E-state index in [0.717, 1.165) is 30.3 Å². The summed E-state index contributed by atoms with van der Waals surface area (Å²) >= 11 is 0. The number of carbonyl (C=O) groups is 2. The van der Waals surface area contributed by atoms with Crippen LogP contribution in [0.15, 0.2) is 76.5 Å². The number of carbonyl (C=O) groups excluding carboxylic acids is 2. The maximum absolute atomic E-state index is 13.8. The van der Waals surface area contributed by atoms with Crippen LogP contribution in [0.2, 0.25) is 0 Å². The Morgan fingerprint density at radius 1 is 0.767 bits per heavy atom. The number of rotatable bonds is 25. The standard InChI is InChI=1S/C37H49N2O18P3/c1-4-6-7-8-9-10-11-22-49-37(43)55-31-18-14-29(15-19-31)25-52-60(48,51-24-28-12-16-30(17-13-28)54-34(40)5-2)57-59(46,47)56-58(44,45)50-26-32-20-21-33(53-32)39-23-27(3)35(41)38-36(39)42/h12-21,23,32-33H,4-11,22,24-26H2,1-3H3,(H,44,45)(H,46,47)(H,38,41,42)/t32-,33+,60?/m0/s1. The average molecular weight is 903 g/mol. The molecule has 3 unspecified atom stereocenters. The van der Waals surface area contributed by atoms with E-state index in [9.17, 15) is 42.7 Å². The zero-order chi connectivity index (χ0) is 43.8. The second kappa shape index (κ2) is 23.3. The van der Waals surface area contributed by atoms with Crippen LogP contribution in [0.5, 0.6) is 11.5 Å². The number of phosphoric acid groups is 3. The lowest BCUT2D eigenvalue weighted by Crippen LogP contribution is -2.33. The van der Waals surface area contributed by atoms with E-state index in [0.29, 0.717) is 17.5 Å². The van der Waals surface area contributed by atoms with Gasteiger partial charge in [-0.05, 0) is 54.8 Å². The zero-order valence-electron chi connectivity index (χ0n) is 33.2. The van der Waals surface area contributed by atoms with Gasteiger partial charge in [0.2, 0.25) is 0 Å². The van der Waals surface area contributed by atoms with Crippen LogP contribution in [0.25, 0.3) is 0 Å². The van der Waals surface area contributed by atoms with E-state index in [1.807, 2.05) is 0 Å². The molecule has 23 heteroatoms. The highest BCUT2D eigenvalue weighted by Gasteiger charge is 2.44. The number of nitrogens with zero attached hydrogens (tertiary/aromatic N) is 1. The largest absolute Gasteiger partial charge is 0.513 e. The Labute approximate surface area is 345 Å². The number of ether oxygens (including phenoxy) is 4. The molecule has 1 aliphatic heterocycles. The number of H-pyrrole nitrogens is 1. The van der Waals surface area contributed by atoms with Gasteiger partial charge in [0, 0.05) is 18.2 Å². The SMILES string of the molecule is CCCCCCCCCOC(=O)Oc1ccc(COP(=O)(OCc2ccc(OC(=O)CC)cc2)OP(=O)(O)OP(=O)(O)OC[C@@H]2C=C[C@H](n3cc(C)c(=O)[nH]c3=O)O2)cc1. The first-order valence-corrected chi connectivity index (χ1v) is 23.4. The molecule has 20 nitrogen and oxygen atoms in total. The van der Waals surface area contributed by atoms with Crippen LogP contribution in [0.1, 0.15) is 88.1 Å². The Hall–Kier alpha value is -4.03. The third-order valence-corrected chi connectivity index (χ3v) is 13.0. The van der Waals surface area contributed by atoms with Crippen molar-refractivity contribution in [2.24, 2.45) is 0 Å². The molecule has 5 atom stereocenters. The first kappa shape index (κ1) is 48.6. The van der Waals surface area contributed by atoms with E-state index in [2.05, 4.69) is 16.2 Å². The molecule has 1 aromatic heterocycles. The lowest BCUT2D eigenvalue weighted by Gasteiger charge is -2.22. The summed E-state index contributed by atoms with van der Waals surface area (Å²) in [5.74, 6) is -0.161. The number of hydrogen-bond donors (Lipinski definition) is 3. The number of nitrogens with one attached hydrogen (secondary N) is 1. The first-order chi connectivity index (χ1) is 28.5. The van der Waals surface area contributed by atoms with Crippen molar-refractivity contribution in [3.63, 3.8) is 0 Å². The van der Waals surface area contributed by atoms with Crippen molar-refractivity contribution >= 4 is 35.6 Å². The van der Waals surface area contributed by atoms with E-state index in [1.54, 1.807) is 6.92 Å². The number of aryl methyl sites for hydroxylation is 1. The fraction of sp³-hybridized carbons (Fsp3) is 0.459. The fourth-order valence-corrected chi connectivity index (χ4v) is 9.25. The summed E-state index contributed by atoms with van der Waals surface area (Å²) in [6.07, 6.45) is 8.51. The highest BCUT2D eigenvalue weighted by molar-refractivity contribution is 7.67. The van der Waals surface area contributed by atoms with Crippen LogP contribution >= 0.6 is 23.5 Å². The van der Waals surface area contributed by atoms with Gasteiger partial charge in [0.15, 0.2) is 6.23 Å². The van der Waals surface area contributed by atoms with Gasteiger partial charge in [-0.25, -0.2) is 23.3 Å². The number of aromatic amines is 1. The maximum atomic E-state index is 13.8. The van der Waals surface area contributed by atoms with Crippen molar-refractivity contribution in [1.82, 2.24) is 9.55 Å². The van der Waals surface area contributed by atoms with Gasteiger partial charge in [-0.15, -0.1) is 0 Å². The quantitative estimate of drug-likeness (QED) is 0.0184. The highest BCUT2D eigenvalue weighted by Crippen LogP contribution is 2.69. The molecule has 3 N–H and O–H groups in total. The van der Waals surface area contributed by atoms with Crippen LogP contribution < -0.4 is 20.7 Å². The molecular weight excluding hydrogens is 853 g/mol. The van der Waals surface area contributed by atoms with E-state index < -0.39 is 79.0 Å². The Kier molecular flexibility index (Phi) is 18.9. The fourth-order valence-electron chi connectivity index (χ4n) is 5.22. The Morgan fingerprint density at radius 3 is 1.95 bits per heavy atom. The molecule has 1 aliphatic rings. The summed E-state index contributed by atoms with van der Waals surface area (Å²) < 4.78 is 86.3. The van der Waals surface area contributed by atoms with Crippen molar-refractivity contribution < 1.29 is 74.2 Å². The van der Waals surface area contributed by atoms with Crippen molar-refractivity contribution in [2.75, 3.05) is 13.2 Å². The molecule has 60 heavy (non-hydrogen) atoms. The van der Waals surface area contributed by atoms with E-state index in [4.69, 9.17) is 36.8 Å². The number of benzene rings is 2. The second-order valence-electron chi connectivity index (χ2n) is 13.3. The number of aromatic nitrogens is 2. The van der Waals surface area contributed by atoms with Gasteiger partial charge < -0.3 is 28.7 Å². The minimum absolute atomic E-state index is 0.119. The van der Waals surface area contributed by atoms with Crippen LogP contribution in [-0.4, -0.2) is 50.8 Å². The van der Waals surface area contributed by atoms with Crippen LogP contribution in [0.3, 0.4) is 0 Å². The van der Waals surface area contributed by atoms with Crippen LogP contribution in [-0.2, 0) is 63.4 Å². The minimum Gasteiger partial charge on any atom is -0.434 e. The van der Waals surface area contributed by atoms with Gasteiger partial charge in [0.05, 0.1) is 26.4 Å². The molecule has 0 fully saturated rings.